The average Bonchev–Trinajstić information content (AvgIpc) is 2.78. The number of hydrogen-bond acceptors (Lipinski definition) is 4. The van der Waals surface area contributed by atoms with Crippen LogP contribution in [0.3, 0.4) is 0 Å². The highest BCUT2D eigenvalue weighted by Crippen LogP contribution is 2.28. The molecular weight excluding hydrogens is 270 g/mol. The van der Waals surface area contributed by atoms with Crippen LogP contribution in [0.25, 0.3) is 0 Å². The Morgan fingerprint density at radius 3 is 2.94 bits per heavy atom. The topological polar surface area (TPSA) is 47.0 Å². The van der Waals surface area contributed by atoms with Crippen molar-refractivity contribution in [2.24, 2.45) is 0 Å². The zero-order chi connectivity index (χ0) is 11.5. The van der Waals surface area contributed by atoms with Crippen LogP contribution < -0.4 is 5.32 Å². The number of ether oxygens (including phenoxy) is 1. The van der Waals surface area contributed by atoms with Crippen LogP contribution in [0.5, 0.6) is 0 Å². The molecule has 1 atom stereocenters. The molecule has 4 nitrogen and oxygen atoms in total. The van der Waals surface area contributed by atoms with Gasteiger partial charge in [0.2, 0.25) is 0 Å². The Labute approximate surface area is 104 Å². The largest absolute Gasteiger partial charge is 0.381 e. The number of aromatic nitrogens is 2. The third-order valence-electron chi connectivity index (χ3n) is 2.67. The first kappa shape index (κ1) is 11.8. The number of nitrogens with zero attached hydrogens (tertiary/aromatic N) is 2. The van der Waals surface area contributed by atoms with Gasteiger partial charge in [-0.1, -0.05) is 0 Å². The molecule has 88 valence electrons. The first-order valence-corrected chi connectivity index (χ1v) is 6.37. The third kappa shape index (κ3) is 2.35. The van der Waals surface area contributed by atoms with Gasteiger partial charge in [-0.2, -0.15) is 0 Å². The van der Waals surface area contributed by atoms with Gasteiger partial charge < -0.3 is 10.1 Å². The van der Waals surface area contributed by atoms with Gasteiger partial charge in [-0.25, -0.2) is 9.97 Å². The molecule has 1 aliphatic heterocycles. The number of halogens is 1. The monoisotopic (exact) mass is 285 g/mol. The van der Waals surface area contributed by atoms with Crippen LogP contribution in [-0.4, -0.2) is 29.7 Å². The van der Waals surface area contributed by atoms with E-state index >= 15 is 0 Å². The molecule has 0 amide bonds. The first-order chi connectivity index (χ1) is 7.72. The second kappa shape index (κ2) is 5.10. The second-order valence-electron chi connectivity index (χ2n) is 3.92. The van der Waals surface area contributed by atoms with Crippen LogP contribution in [0, 0.1) is 6.92 Å². The predicted octanol–water partition coefficient (Wildman–Crippen LogP) is 2.48. The highest BCUT2D eigenvalue weighted by Gasteiger charge is 2.22. The van der Waals surface area contributed by atoms with Crippen molar-refractivity contribution in [3.05, 3.63) is 16.0 Å². The summed E-state index contributed by atoms with van der Waals surface area (Å²) in [4.78, 5) is 9.08. The summed E-state index contributed by atoms with van der Waals surface area (Å²) >= 11 is 3.51. The minimum absolute atomic E-state index is 0.351. The molecule has 0 bridgehead atoms. The first-order valence-electron chi connectivity index (χ1n) is 5.58. The van der Waals surface area contributed by atoms with Crippen molar-refractivity contribution in [1.82, 2.24) is 9.97 Å². The van der Waals surface area contributed by atoms with Crippen molar-refractivity contribution in [2.45, 2.75) is 26.2 Å². The van der Waals surface area contributed by atoms with Gasteiger partial charge in [0, 0.05) is 19.1 Å². The maximum atomic E-state index is 5.37. The molecule has 16 heavy (non-hydrogen) atoms. The fraction of sp³-hybridized carbons (Fsp3) is 0.636. The van der Waals surface area contributed by atoms with Crippen LogP contribution in [-0.2, 0) is 4.74 Å². The molecule has 1 N–H and O–H groups in total. The Bertz CT molecular complexity index is 378. The van der Waals surface area contributed by atoms with Crippen molar-refractivity contribution < 1.29 is 4.74 Å². The summed E-state index contributed by atoms with van der Waals surface area (Å²) in [7, 11) is 0. The molecule has 5 heteroatoms. The number of aryl methyl sites for hydroxylation is 1. The Hall–Kier alpha value is -0.680. The van der Waals surface area contributed by atoms with E-state index in [2.05, 4.69) is 38.1 Å². The molecule has 0 radical (unpaired) electrons. The number of nitrogens with one attached hydrogen (secondary N) is 1. The van der Waals surface area contributed by atoms with Gasteiger partial charge in [0.25, 0.3) is 0 Å². The summed E-state index contributed by atoms with van der Waals surface area (Å²) in [5.41, 5.74) is 0.979. The maximum absolute atomic E-state index is 5.37. The Morgan fingerprint density at radius 2 is 2.31 bits per heavy atom. The van der Waals surface area contributed by atoms with E-state index in [0.29, 0.717) is 5.92 Å². The second-order valence-corrected chi connectivity index (χ2v) is 4.71. The van der Waals surface area contributed by atoms with E-state index in [0.717, 1.165) is 48.0 Å². The van der Waals surface area contributed by atoms with E-state index < -0.39 is 0 Å². The smallest absolute Gasteiger partial charge is 0.144 e. The minimum Gasteiger partial charge on any atom is -0.381 e. The minimum atomic E-state index is 0.351. The molecular formula is C11H16BrN3O. The van der Waals surface area contributed by atoms with E-state index in [4.69, 9.17) is 4.74 Å². The average molecular weight is 286 g/mol. The zero-order valence-electron chi connectivity index (χ0n) is 9.59. The van der Waals surface area contributed by atoms with Gasteiger partial charge >= 0.3 is 0 Å². The predicted molar refractivity (Wildman–Crippen MR) is 66.8 cm³/mol. The fourth-order valence-electron chi connectivity index (χ4n) is 1.79. The Morgan fingerprint density at radius 1 is 1.50 bits per heavy atom. The normalized spacial score (nSPS) is 20.1. The number of anilines is 1. The molecule has 1 unspecified atom stereocenters. The van der Waals surface area contributed by atoms with Gasteiger partial charge in [0.05, 0.1) is 16.8 Å². The standard InChI is InChI=1S/C11H16BrN3O/c1-3-13-11-9(12)7(2)14-10(15-11)8-4-5-16-6-8/h8H,3-6H2,1-2H3,(H,13,14,15). The zero-order valence-corrected chi connectivity index (χ0v) is 11.2. The molecule has 1 saturated heterocycles. The van der Waals surface area contributed by atoms with E-state index in [1.54, 1.807) is 0 Å². The van der Waals surface area contributed by atoms with Crippen LogP contribution in [0.2, 0.25) is 0 Å². The van der Waals surface area contributed by atoms with Gasteiger partial charge in [0.15, 0.2) is 0 Å². The molecule has 1 fully saturated rings. The van der Waals surface area contributed by atoms with Gasteiger partial charge in [-0.15, -0.1) is 0 Å². The number of hydrogen-bond donors (Lipinski definition) is 1. The quantitative estimate of drug-likeness (QED) is 0.927. The molecule has 1 aromatic heterocycles. The number of rotatable bonds is 3. The Balaban J connectivity index is 2.31. The summed E-state index contributed by atoms with van der Waals surface area (Å²) in [5.74, 6) is 2.13. The van der Waals surface area contributed by atoms with Gasteiger partial charge in [-0.3, -0.25) is 0 Å². The van der Waals surface area contributed by atoms with Crippen molar-refractivity contribution in [3.8, 4) is 0 Å². The summed E-state index contributed by atoms with van der Waals surface area (Å²) in [6.07, 6.45) is 1.02. The maximum Gasteiger partial charge on any atom is 0.144 e. The van der Waals surface area contributed by atoms with E-state index in [1.807, 2.05) is 6.92 Å². The van der Waals surface area contributed by atoms with Crippen molar-refractivity contribution in [1.29, 1.82) is 0 Å². The molecule has 0 spiro atoms. The molecule has 2 rings (SSSR count). The van der Waals surface area contributed by atoms with Gasteiger partial charge in [0.1, 0.15) is 11.6 Å². The van der Waals surface area contributed by atoms with E-state index in [-0.39, 0.29) is 0 Å². The summed E-state index contributed by atoms with van der Waals surface area (Å²) < 4.78 is 6.32. The SMILES string of the molecule is CCNc1nc(C2CCOC2)nc(C)c1Br. The summed E-state index contributed by atoms with van der Waals surface area (Å²) in [6.45, 7) is 6.47. The molecule has 1 aliphatic rings. The molecule has 0 saturated carbocycles. The van der Waals surface area contributed by atoms with Crippen molar-refractivity contribution in [3.63, 3.8) is 0 Å². The van der Waals surface area contributed by atoms with Crippen molar-refractivity contribution in [2.75, 3.05) is 25.1 Å². The highest BCUT2D eigenvalue weighted by molar-refractivity contribution is 9.10. The highest BCUT2D eigenvalue weighted by atomic mass is 79.9. The lowest BCUT2D eigenvalue weighted by molar-refractivity contribution is 0.193. The van der Waals surface area contributed by atoms with E-state index in [1.165, 1.54) is 0 Å². The molecule has 0 aromatic carbocycles. The fourth-order valence-corrected chi connectivity index (χ4v) is 2.10. The molecule has 1 aromatic rings. The lowest BCUT2D eigenvalue weighted by Gasteiger charge is -2.12. The molecule has 0 aliphatic carbocycles. The van der Waals surface area contributed by atoms with Crippen LogP contribution in [0.15, 0.2) is 4.47 Å². The summed E-state index contributed by atoms with van der Waals surface area (Å²) in [5, 5.41) is 3.24. The van der Waals surface area contributed by atoms with Crippen LogP contribution >= 0.6 is 15.9 Å². The molecule has 2 heterocycles. The van der Waals surface area contributed by atoms with Crippen LogP contribution in [0.1, 0.15) is 30.8 Å². The van der Waals surface area contributed by atoms with Crippen LogP contribution in [0.4, 0.5) is 5.82 Å². The van der Waals surface area contributed by atoms with Crippen molar-refractivity contribution >= 4 is 21.7 Å². The summed E-state index contributed by atoms with van der Waals surface area (Å²) in [6, 6.07) is 0. The Kier molecular flexibility index (Phi) is 3.76. The van der Waals surface area contributed by atoms with Gasteiger partial charge in [-0.05, 0) is 36.2 Å². The van der Waals surface area contributed by atoms with E-state index in [9.17, 15) is 0 Å². The third-order valence-corrected chi connectivity index (χ3v) is 3.62. The lowest BCUT2D eigenvalue weighted by Crippen LogP contribution is -2.10. The lowest BCUT2D eigenvalue weighted by atomic mass is 10.1.